The molecule has 84 valence electrons. The highest BCUT2D eigenvalue weighted by Crippen LogP contribution is 1.97. The van der Waals surface area contributed by atoms with Crippen molar-refractivity contribution in [3.05, 3.63) is 12.4 Å². The molecule has 0 aliphatic rings. The van der Waals surface area contributed by atoms with Crippen molar-refractivity contribution in [3.8, 4) is 0 Å². The molecule has 1 unspecified atom stereocenters. The van der Waals surface area contributed by atoms with E-state index >= 15 is 0 Å². The van der Waals surface area contributed by atoms with Crippen molar-refractivity contribution in [2.45, 2.75) is 19.9 Å². The van der Waals surface area contributed by atoms with Crippen LogP contribution < -0.4 is 5.32 Å². The minimum atomic E-state index is -0.0923. The maximum Gasteiger partial charge on any atom is 0.241 e. The Labute approximate surface area is 88.3 Å². The second kappa shape index (κ2) is 6.13. The largest absolute Gasteiger partial charge is 0.396 e. The number of carbonyl (C=O) groups is 1. The summed E-state index contributed by atoms with van der Waals surface area (Å²) >= 11 is 0. The van der Waals surface area contributed by atoms with E-state index < -0.39 is 0 Å². The molecule has 1 atom stereocenters. The van der Waals surface area contributed by atoms with Crippen LogP contribution in [0.15, 0.2) is 12.4 Å². The van der Waals surface area contributed by atoms with E-state index in [1.165, 1.54) is 10.9 Å². The van der Waals surface area contributed by atoms with Crippen molar-refractivity contribution in [1.82, 2.24) is 20.3 Å². The molecule has 1 aromatic heterocycles. The van der Waals surface area contributed by atoms with Crippen LogP contribution >= 0.6 is 0 Å². The quantitative estimate of drug-likeness (QED) is 0.660. The highest BCUT2D eigenvalue weighted by Gasteiger charge is 2.05. The summed E-state index contributed by atoms with van der Waals surface area (Å²) in [6, 6.07) is 0. The highest BCUT2D eigenvalue weighted by molar-refractivity contribution is 5.75. The SMILES string of the molecule is CC(CCO)CNC(=O)Cn1ccnn1. The summed E-state index contributed by atoms with van der Waals surface area (Å²) in [6.07, 6.45) is 3.86. The Kier molecular flexibility index (Phi) is 4.76. The highest BCUT2D eigenvalue weighted by atomic mass is 16.3. The summed E-state index contributed by atoms with van der Waals surface area (Å²) in [5.74, 6) is 0.194. The molecule has 0 spiro atoms. The van der Waals surface area contributed by atoms with Gasteiger partial charge in [0.25, 0.3) is 0 Å². The van der Waals surface area contributed by atoms with Gasteiger partial charge < -0.3 is 10.4 Å². The van der Waals surface area contributed by atoms with E-state index in [9.17, 15) is 4.79 Å². The summed E-state index contributed by atoms with van der Waals surface area (Å²) in [7, 11) is 0. The lowest BCUT2D eigenvalue weighted by atomic mass is 10.1. The number of amides is 1. The number of carbonyl (C=O) groups excluding carboxylic acids is 1. The number of aliphatic hydroxyl groups is 1. The van der Waals surface area contributed by atoms with Gasteiger partial charge in [0.1, 0.15) is 6.54 Å². The van der Waals surface area contributed by atoms with Crippen molar-refractivity contribution in [2.75, 3.05) is 13.2 Å². The van der Waals surface area contributed by atoms with Crippen LogP contribution in [-0.4, -0.2) is 39.2 Å². The zero-order chi connectivity index (χ0) is 11.1. The van der Waals surface area contributed by atoms with E-state index in [0.29, 0.717) is 13.0 Å². The predicted molar refractivity (Wildman–Crippen MR) is 53.9 cm³/mol. The van der Waals surface area contributed by atoms with E-state index in [-0.39, 0.29) is 25.0 Å². The predicted octanol–water partition coefficient (Wildman–Crippen LogP) is -0.587. The first kappa shape index (κ1) is 11.6. The van der Waals surface area contributed by atoms with E-state index in [1.54, 1.807) is 6.20 Å². The minimum Gasteiger partial charge on any atom is -0.396 e. The Morgan fingerprint density at radius 2 is 2.47 bits per heavy atom. The molecule has 0 aliphatic carbocycles. The number of hydrogen-bond acceptors (Lipinski definition) is 4. The second-order valence-corrected chi connectivity index (χ2v) is 3.52. The molecule has 1 rings (SSSR count). The first-order valence-corrected chi connectivity index (χ1v) is 4.94. The lowest BCUT2D eigenvalue weighted by Gasteiger charge is -2.10. The Hall–Kier alpha value is -1.43. The molecule has 0 radical (unpaired) electrons. The number of nitrogens with one attached hydrogen (secondary N) is 1. The normalized spacial score (nSPS) is 12.4. The second-order valence-electron chi connectivity index (χ2n) is 3.52. The average molecular weight is 212 g/mol. The molecule has 2 N–H and O–H groups in total. The molecule has 6 nitrogen and oxygen atoms in total. The fourth-order valence-corrected chi connectivity index (χ4v) is 1.13. The third-order valence-electron chi connectivity index (χ3n) is 2.05. The van der Waals surface area contributed by atoms with Gasteiger partial charge in [0.05, 0.1) is 6.20 Å². The molecule has 6 heteroatoms. The van der Waals surface area contributed by atoms with Gasteiger partial charge in [0.15, 0.2) is 0 Å². The van der Waals surface area contributed by atoms with Crippen molar-refractivity contribution in [1.29, 1.82) is 0 Å². The van der Waals surface area contributed by atoms with Crippen LogP contribution in [0, 0.1) is 5.92 Å². The molecule has 0 aliphatic heterocycles. The maximum atomic E-state index is 11.4. The van der Waals surface area contributed by atoms with Crippen LogP contribution in [0.3, 0.4) is 0 Å². The van der Waals surface area contributed by atoms with Gasteiger partial charge in [-0.25, -0.2) is 4.68 Å². The lowest BCUT2D eigenvalue weighted by Crippen LogP contribution is -2.31. The summed E-state index contributed by atoms with van der Waals surface area (Å²) in [6.45, 7) is 2.89. The van der Waals surface area contributed by atoms with Gasteiger partial charge >= 0.3 is 0 Å². The fraction of sp³-hybridized carbons (Fsp3) is 0.667. The summed E-state index contributed by atoms with van der Waals surface area (Å²) in [4.78, 5) is 11.4. The van der Waals surface area contributed by atoms with Crippen LogP contribution in [-0.2, 0) is 11.3 Å². The molecule has 1 amide bonds. The van der Waals surface area contributed by atoms with Crippen molar-refractivity contribution in [2.24, 2.45) is 5.92 Å². The molecule has 1 heterocycles. The smallest absolute Gasteiger partial charge is 0.241 e. The monoisotopic (exact) mass is 212 g/mol. The lowest BCUT2D eigenvalue weighted by molar-refractivity contribution is -0.122. The Balaban J connectivity index is 2.19. The van der Waals surface area contributed by atoms with E-state index in [2.05, 4.69) is 15.6 Å². The van der Waals surface area contributed by atoms with Crippen molar-refractivity contribution >= 4 is 5.91 Å². The van der Waals surface area contributed by atoms with Gasteiger partial charge in [-0.2, -0.15) is 0 Å². The number of nitrogens with zero attached hydrogens (tertiary/aromatic N) is 3. The molecule has 0 bridgehead atoms. The molecule has 0 saturated heterocycles. The third-order valence-corrected chi connectivity index (χ3v) is 2.05. The van der Waals surface area contributed by atoms with Gasteiger partial charge in [-0.05, 0) is 12.3 Å². The first-order valence-electron chi connectivity index (χ1n) is 4.94. The molecule has 0 fully saturated rings. The molecule has 0 saturated carbocycles. The van der Waals surface area contributed by atoms with Gasteiger partial charge in [-0.1, -0.05) is 12.1 Å². The van der Waals surface area contributed by atoms with E-state index in [4.69, 9.17) is 5.11 Å². The molecule has 1 aromatic rings. The van der Waals surface area contributed by atoms with Gasteiger partial charge in [-0.15, -0.1) is 5.10 Å². The molecule has 15 heavy (non-hydrogen) atoms. The van der Waals surface area contributed by atoms with Gasteiger partial charge in [-0.3, -0.25) is 4.79 Å². The summed E-state index contributed by atoms with van der Waals surface area (Å²) in [5, 5.41) is 18.7. The topological polar surface area (TPSA) is 80.0 Å². The van der Waals surface area contributed by atoms with Gasteiger partial charge in [0.2, 0.25) is 5.91 Å². The summed E-state index contributed by atoms with van der Waals surface area (Å²) in [5.41, 5.74) is 0. The van der Waals surface area contributed by atoms with Crippen LogP contribution in [0.1, 0.15) is 13.3 Å². The first-order chi connectivity index (χ1) is 7.22. The molecular weight excluding hydrogens is 196 g/mol. The number of aliphatic hydroxyl groups excluding tert-OH is 1. The van der Waals surface area contributed by atoms with Gasteiger partial charge in [0, 0.05) is 19.3 Å². The number of aromatic nitrogens is 3. The number of hydrogen-bond donors (Lipinski definition) is 2. The van der Waals surface area contributed by atoms with Crippen LogP contribution in [0.5, 0.6) is 0 Å². The van der Waals surface area contributed by atoms with Crippen LogP contribution in [0.4, 0.5) is 0 Å². The summed E-state index contributed by atoms with van der Waals surface area (Å²) < 4.78 is 1.46. The molecular formula is C9H16N4O2. The van der Waals surface area contributed by atoms with Crippen LogP contribution in [0.2, 0.25) is 0 Å². The van der Waals surface area contributed by atoms with Crippen molar-refractivity contribution < 1.29 is 9.90 Å². The standard InChI is InChI=1S/C9H16N4O2/c1-8(2-5-14)6-10-9(15)7-13-4-3-11-12-13/h3-4,8,14H,2,5-7H2,1H3,(H,10,15). The van der Waals surface area contributed by atoms with Crippen LogP contribution in [0.25, 0.3) is 0 Å². The fourth-order valence-electron chi connectivity index (χ4n) is 1.13. The zero-order valence-corrected chi connectivity index (χ0v) is 8.76. The van der Waals surface area contributed by atoms with Crippen molar-refractivity contribution in [3.63, 3.8) is 0 Å². The van der Waals surface area contributed by atoms with E-state index in [0.717, 1.165) is 0 Å². The van der Waals surface area contributed by atoms with E-state index in [1.807, 2.05) is 6.92 Å². The third kappa shape index (κ3) is 4.55. The minimum absolute atomic E-state index is 0.0923. The zero-order valence-electron chi connectivity index (χ0n) is 8.76. The Morgan fingerprint density at radius 3 is 3.07 bits per heavy atom. The Bertz CT molecular complexity index is 286. The number of rotatable bonds is 6. The maximum absolute atomic E-state index is 11.4. The average Bonchev–Trinajstić information content (AvgIpc) is 2.68. The molecule has 0 aromatic carbocycles. The Morgan fingerprint density at radius 1 is 1.67 bits per heavy atom.